The molecule has 2 N–H and O–H groups in total. The predicted octanol–water partition coefficient (Wildman–Crippen LogP) is 2.88. The SMILES string of the molecule is C[C@@H]1C[C@@H](C)C[NH+]([C@@H](C)C(=O)Nc2cc(Cl)ccc2Cl)C1. The summed E-state index contributed by atoms with van der Waals surface area (Å²) in [6.07, 6.45) is 1.25. The first-order valence-corrected chi connectivity index (χ1v) is 8.23. The van der Waals surface area contributed by atoms with E-state index in [1.807, 2.05) is 6.92 Å². The van der Waals surface area contributed by atoms with Crippen molar-refractivity contribution in [3.8, 4) is 0 Å². The molecule has 3 nitrogen and oxygen atoms in total. The van der Waals surface area contributed by atoms with Crippen LogP contribution in [0.4, 0.5) is 5.69 Å². The summed E-state index contributed by atoms with van der Waals surface area (Å²) in [7, 11) is 0. The first-order valence-electron chi connectivity index (χ1n) is 7.47. The minimum atomic E-state index is -0.0924. The van der Waals surface area contributed by atoms with Gasteiger partial charge in [0.2, 0.25) is 0 Å². The zero-order valence-electron chi connectivity index (χ0n) is 12.7. The van der Waals surface area contributed by atoms with Crippen LogP contribution in [-0.4, -0.2) is 25.0 Å². The topological polar surface area (TPSA) is 33.5 Å². The van der Waals surface area contributed by atoms with Gasteiger partial charge in [-0.3, -0.25) is 4.79 Å². The summed E-state index contributed by atoms with van der Waals surface area (Å²) < 4.78 is 0. The Hall–Kier alpha value is -0.770. The third kappa shape index (κ3) is 4.35. The fourth-order valence-electron chi connectivity index (χ4n) is 3.21. The third-order valence-corrected chi connectivity index (χ3v) is 4.78. The molecule has 1 saturated heterocycles. The zero-order chi connectivity index (χ0) is 15.6. The van der Waals surface area contributed by atoms with E-state index in [0.717, 1.165) is 13.1 Å². The highest BCUT2D eigenvalue weighted by Gasteiger charge is 2.32. The van der Waals surface area contributed by atoms with Gasteiger partial charge in [0, 0.05) is 16.9 Å². The second kappa shape index (κ2) is 6.99. The average Bonchev–Trinajstić information content (AvgIpc) is 2.41. The molecular weight excluding hydrogens is 307 g/mol. The highest BCUT2D eigenvalue weighted by atomic mass is 35.5. The molecule has 0 aromatic heterocycles. The van der Waals surface area contributed by atoms with E-state index in [2.05, 4.69) is 19.2 Å². The van der Waals surface area contributed by atoms with Crippen molar-refractivity contribution in [2.75, 3.05) is 18.4 Å². The van der Waals surface area contributed by atoms with Gasteiger partial charge >= 0.3 is 0 Å². The quantitative estimate of drug-likeness (QED) is 0.878. The molecule has 0 aliphatic carbocycles. The van der Waals surface area contributed by atoms with Crippen LogP contribution in [-0.2, 0) is 4.79 Å². The zero-order valence-corrected chi connectivity index (χ0v) is 14.3. The number of quaternary nitrogens is 1. The van der Waals surface area contributed by atoms with Gasteiger partial charge in [-0.05, 0) is 31.5 Å². The smallest absolute Gasteiger partial charge is 0.282 e. The van der Waals surface area contributed by atoms with Gasteiger partial charge in [0.25, 0.3) is 5.91 Å². The Balaban J connectivity index is 2.04. The predicted molar refractivity (Wildman–Crippen MR) is 88.2 cm³/mol. The number of piperidine rings is 1. The molecule has 1 aromatic carbocycles. The number of likely N-dealkylation sites (tertiary alicyclic amines) is 1. The van der Waals surface area contributed by atoms with E-state index in [1.165, 1.54) is 11.3 Å². The van der Waals surface area contributed by atoms with Crippen LogP contribution in [0.2, 0.25) is 10.0 Å². The van der Waals surface area contributed by atoms with Crippen LogP contribution < -0.4 is 10.2 Å². The second-order valence-corrected chi connectivity index (χ2v) is 7.19. The molecule has 0 spiro atoms. The minimum absolute atomic E-state index is 0.00420. The number of hydrogen-bond donors (Lipinski definition) is 2. The summed E-state index contributed by atoms with van der Waals surface area (Å²) in [5, 5.41) is 3.98. The Bertz CT molecular complexity index is 511. The van der Waals surface area contributed by atoms with Crippen LogP contribution in [0.15, 0.2) is 18.2 Å². The molecule has 21 heavy (non-hydrogen) atoms. The van der Waals surface area contributed by atoms with Crippen molar-refractivity contribution < 1.29 is 9.69 Å². The van der Waals surface area contributed by atoms with Crippen LogP contribution in [0.3, 0.4) is 0 Å². The van der Waals surface area contributed by atoms with Crippen molar-refractivity contribution in [3.63, 3.8) is 0 Å². The molecule has 0 radical (unpaired) electrons. The Morgan fingerprint density at radius 2 is 1.90 bits per heavy atom. The molecular formula is C16H23Cl2N2O+. The lowest BCUT2D eigenvalue weighted by Gasteiger charge is -2.35. The fourth-order valence-corrected chi connectivity index (χ4v) is 3.54. The Morgan fingerprint density at radius 3 is 2.52 bits per heavy atom. The van der Waals surface area contributed by atoms with Gasteiger partial charge in [-0.15, -0.1) is 0 Å². The molecule has 0 saturated carbocycles. The van der Waals surface area contributed by atoms with E-state index < -0.39 is 0 Å². The first-order chi connectivity index (χ1) is 9.86. The van der Waals surface area contributed by atoms with Gasteiger partial charge in [-0.25, -0.2) is 0 Å². The largest absolute Gasteiger partial charge is 0.324 e. The van der Waals surface area contributed by atoms with Gasteiger partial charge in [0.05, 0.1) is 23.8 Å². The fraction of sp³-hybridized carbons (Fsp3) is 0.562. The number of benzene rings is 1. The van der Waals surface area contributed by atoms with Crippen LogP contribution in [0.25, 0.3) is 0 Å². The summed E-state index contributed by atoms with van der Waals surface area (Å²) >= 11 is 12.0. The number of rotatable bonds is 3. The maximum absolute atomic E-state index is 12.5. The standard InChI is InChI=1S/C16H22Cl2N2O/c1-10-6-11(2)9-20(8-10)12(3)16(21)19-15-7-13(17)4-5-14(15)18/h4-5,7,10-12H,6,8-9H2,1-3H3,(H,19,21)/p+1/t10-,11-,12+/m1/s1. The minimum Gasteiger partial charge on any atom is -0.324 e. The molecule has 116 valence electrons. The van der Waals surface area contributed by atoms with Crippen LogP contribution >= 0.6 is 23.2 Å². The summed E-state index contributed by atoms with van der Waals surface area (Å²) in [5.41, 5.74) is 0.582. The molecule has 2 rings (SSSR count). The average molecular weight is 330 g/mol. The summed E-state index contributed by atoms with van der Waals surface area (Å²) in [5.74, 6) is 1.32. The van der Waals surface area contributed by atoms with Crippen LogP contribution in [0.1, 0.15) is 27.2 Å². The number of carbonyl (C=O) groups excluding carboxylic acids is 1. The van der Waals surface area contributed by atoms with Crippen LogP contribution in [0, 0.1) is 11.8 Å². The third-order valence-electron chi connectivity index (χ3n) is 4.22. The molecule has 1 fully saturated rings. The van der Waals surface area contributed by atoms with Crippen molar-refractivity contribution >= 4 is 34.8 Å². The van der Waals surface area contributed by atoms with Crippen molar-refractivity contribution in [3.05, 3.63) is 28.2 Å². The maximum atomic E-state index is 12.5. The Labute approximate surface area is 136 Å². The van der Waals surface area contributed by atoms with Gasteiger partial charge in [0.15, 0.2) is 6.04 Å². The van der Waals surface area contributed by atoms with Gasteiger partial charge in [-0.1, -0.05) is 37.0 Å². The van der Waals surface area contributed by atoms with Crippen molar-refractivity contribution in [1.82, 2.24) is 0 Å². The van der Waals surface area contributed by atoms with E-state index in [9.17, 15) is 4.79 Å². The van der Waals surface area contributed by atoms with Gasteiger partial charge in [0.1, 0.15) is 0 Å². The van der Waals surface area contributed by atoms with E-state index >= 15 is 0 Å². The van der Waals surface area contributed by atoms with Crippen LogP contribution in [0.5, 0.6) is 0 Å². The molecule has 1 aliphatic rings. The molecule has 1 heterocycles. The highest BCUT2D eigenvalue weighted by molar-refractivity contribution is 6.35. The van der Waals surface area contributed by atoms with Gasteiger partial charge in [-0.2, -0.15) is 0 Å². The molecule has 0 bridgehead atoms. The van der Waals surface area contributed by atoms with Crippen molar-refractivity contribution in [1.29, 1.82) is 0 Å². The number of halogens is 2. The summed E-state index contributed by atoms with van der Waals surface area (Å²) in [6.45, 7) is 8.58. The number of anilines is 1. The lowest BCUT2D eigenvalue weighted by atomic mass is 9.91. The molecule has 1 aliphatic heterocycles. The normalized spacial score (nSPS) is 27.2. The van der Waals surface area contributed by atoms with Gasteiger partial charge < -0.3 is 10.2 Å². The number of carbonyl (C=O) groups is 1. The summed E-state index contributed by atoms with van der Waals surface area (Å²) in [4.78, 5) is 13.8. The first kappa shape index (κ1) is 16.6. The maximum Gasteiger partial charge on any atom is 0.282 e. The van der Waals surface area contributed by atoms with Crippen molar-refractivity contribution in [2.45, 2.75) is 33.2 Å². The molecule has 5 heteroatoms. The van der Waals surface area contributed by atoms with E-state index in [-0.39, 0.29) is 11.9 Å². The monoisotopic (exact) mass is 329 g/mol. The molecule has 1 amide bonds. The number of nitrogens with one attached hydrogen (secondary N) is 2. The lowest BCUT2D eigenvalue weighted by Crippen LogP contribution is -3.18. The summed E-state index contributed by atoms with van der Waals surface area (Å²) in [6, 6.07) is 5.00. The second-order valence-electron chi connectivity index (χ2n) is 6.35. The van der Waals surface area contributed by atoms with E-state index in [4.69, 9.17) is 23.2 Å². The van der Waals surface area contributed by atoms with E-state index in [1.54, 1.807) is 18.2 Å². The number of amides is 1. The van der Waals surface area contributed by atoms with E-state index in [0.29, 0.717) is 27.6 Å². The Kier molecular flexibility index (Phi) is 5.53. The van der Waals surface area contributed by atoms with Crippen molar-refractivity contribution in [2.24, 2.45) is 11.8 Å². The number of hydrogen-bond acceptors (Lipinski definition) is 1. The highest BCUT2D eigenvalue weighted by Crippen LogP contribution is 2.25. The molecule has 3 atom stereocenters. The Morgan fingerprint density at radius 1 is 1.29 bits per heavy atom. The molecule has 0 unspecified atom stereocenters. The molecule has 1 aromatic rings. The lowest BCUT2D eigenvalue weighted by molar-refractivity contribution is -0.925.